The third-order valence-electron chi connectivity index (χ3n) is 3.10. The average molecular weight is 279 g/mol. The van der Waals surface area contributed by atoms with Gasteiger partial charge < -0.3 is 5.32 Å². The minimum absolute atomic E-state index is 0.0639. The Morgan fingerprint density at radius 3 is 2.57 bits per heavy atom. The molecule has 0 bridgehead atoms. The van der Waals surface area contributed by atoms with E-state index in [2.05, 4.69) is 10.3 Å². The standard InChI is InChI=1S/C16H13N3O2/c20-15(18-12-6-2-1-3-7-12)10-19-11-17-14-9-5-4-8-13(14)16(19)21/h1-9,11H,10H2,(H,18,20). The summed E-state index contributed by atoms with van der Waals surface area (Å²) in [6.07, 6.45) is 1.40. The van der Waals surface area contributed by atoms with Crippen molar-refractivity contribution < 1.29 is 4.79 Å². The molecule has 3 aromatic rings. The Morgan fingerprint density at radius 2 is 1.76 bits per heavy atom. The molecule has 1 N–H and O–H groups in total. The maximum absolute atomic E-state index is 12.3. The van der Waals surface area contributed by atoms with Gasteiger partial charge in [-0.3, -0.25) is 14.2 Å². The van der Waals surface area contributed by atoms with Gasteiger partial charge in [-0.1, -0.05) is 30.3 Å². The number of nitrogens with zero attached hydrogens (tertiary/aromatic N) is 2. The van der Waals surface area contributed by atoms with E-state index in [4.69, 9.17) is 0 Å². The van der Waals surface area contributed by atoms with Crippen LogP contribution in [-0.2, 0) is 11.3 Å². The summed E-state index contributed by atoms with van der Waals surface area (Å²) in [5.41, 5.74) is 1.11. The number of para-hydroxylation sites is 2. The lowest BCUT2D eigenvalue weighted by atomic mass is 10.2. The lowest BCUT2D eigenvalue weighted by molar-refractivity contribution is -0.116. The summed E-state index contributed by atoms with van der Waals surface area (Å²) in [6, 6.07) is 16.2. The first-order chi connectivity index (χ1) is 10.2. The van der Waals surface area contributed by atoms with Crippen molar-refractivity contribution in [2.75, 3.05) is 5.32 Å². The molecule has 5 nitrogen and oxygen atoms in total. The quantitative estimate of drug-likeness (QED) is 0.798. The van der Waals surface area contributed by atoms with E-state index in [0.29, 0.717) is 16.6 Å². The molecule has 0 radical (unpaired) electrons. The number of amides is 1. The molecule has 104 valence electrons. The van der Waals surface area contributed by atoms with Crippen molar-refractivity contribution in [3.63, 3.8) is 0 Å². The van der Waals surface area contributed by atoms with E-state index in [0.717, 1.165) is 0 Å². The predicted octanol–water partition coefficient (Wildman–Crippen LogP) is 2.04. The summed E-state index contributed by atoms with van der Waals surface area (Å²) in [6.45, 7) is -0.0639. The predicted molar refractivity (Wildman–Crippen MR) is 81.1 cm³/mol. The Morgan fingerprint density at radius 1 is 1.05 bits per heavy atom. The van der Waals surface area contributed by atoms with E-state index in [1.807, 2.05) is 24.3 Å². The molecule has 1 heterocycles. The van der Waals surface area contributed by atoms with Crippen molar-refractivity contribution in [3.05, 3.63) is 71.3 Å². The number of nitrogens with one attached hydrogen (secondary N) is 1. The second-order valence-electron chi connectivity index (χ2n) is 4.61. The van der Waals surface area contributed by atoms with Crippen molar-refractivity contribution in [1.82, 2.24) is 9.55 Å². The molecule has 1 amide bonds. The van der Waals surface area contributed by atoms with Gasteiger partial charge in [-0.2, -0.15) is 0 Å². The molecule has 0 aliphatic carbocycles. The van der Waals surface area contributed by atoms with Crippen LogP contribution in [0.3, 0.4) is 0 Å². The van der Waals surface area contributed by atoms with Gasteiger partial charge in [0.25, 0.3) is 5.56 Å². The SMILES string of the molecule is O=C(Cn1cnc2ccccc2c1=O)Nc1ccccc1. The van der Waals surface area contributed by atoms with Crippen LogP contribution in [0.15, 0.2) is 65.7 Å². The maximum atomic E-state index is 12.3. The molecular weight excluding hydrogens is 266 g/mol. The molecule has 0 aliphatic heterocycles. The second kappa shape index (κ2) is 5.58. The van der Waals surface area contributed by atoms with Gasteiger partial charge >= 0.3 is 0 Å². The van der Waals surface area contributed by atoms with Gasteiger partial charge in [0.05, 0.1) is 17.2 Å². The Hall–Kier alpha value is -2.95. The summed E-state index contributed by atoms with van der Waals surface area (Å²) in [5, 5.41) is 3.25. The van der Waals surface area contributed by atoms with Gasteiger partial charge in [-0.25, -0.2) is 4.98 Å². The molecule has 0 aliphatic rings. The molecule has 0 saturated carbocycles. The molecule has 3 rings (SSSR count). The van der Waals surface area contributed by atoms with Crippen molar-refractivity contribution in [3.8, 4) is 0 Å². The van der Waals surface area contributed by atoms with E-state index in [1.165, 1.54) is 10.9 Å². The molecule has 0 spiro atoms. The number of hydrogen-bond donors (Lipinski definition) is 1. The summed E-state index contributed by atoms with van der Waals surface area (Å²) >= 11 is 0. The summed E-state index contributed by atoms with van der Waals surface area (Å²) in [4.78, 5) is 28.4. The van der Waals surface area contributed by atoms with Crippen LogP contribution in [0.4, 0.5) is 5.69 Å². The lowest BCUT2D eigenvalue weighted by Crippen LogP contribution is -2.27. The number of carbonyl (C=O) groups excluding carboxylic acids is 1. The molecule has 5 heteroatoms. The number of hydrogen-bond acceptors (Lipinski definition) is 3. The first-order valence-electron chi connectivity index (χ1n) is 6.53. The number of fused-ring (bicyclic) bond motifs is 1. The van der Waals surface area contributed by atoms with Crippen molar-refractivity contribution in [2.24, 2.45) is 0 Å². The van der Waals surface area contributed by atoms with Crippen LogP contribution in [0.1, 0.15) is 0 Å². The number of carbonyl (C=O) groups is 1. The van der Waals surface area contributed by atoms with Gasteiger partial charge in [0.2, 0.25) is 5.91 Å². The Labute approximate surface area is 120 Å². The fourth-order valence-electron chi connectivity index (χ4n) is 2.10. The number of benzene rings is 2. The zero-order valence-electron chi connectivity index (χ0n) is 11.2. The van der Waals surface area contributed by atoms with E-state index in [9.17, 15) is 9.59 Å². The van der Waals surface area contributed by atoms with Crippen molar-refractivity contribution >= 4 is 22.5 Å². The molecular formula is C16H13N3O2. The van der Waals surface area contributed by atoms with Crippen molar-refractivity contribution in [2.45, 2.75) is 6.54 Å². The highest BCUT2D eigenvalue weighted by molar-refractivity contribution is 5.90. The van der Waals surface area contributed by atoms with Crippen LogP contribution in [0, 0.1) is 0 Å². The minimum atomic E-state index is -0.264. The molecule has 21 heavy (non-hydrogen) atoms. The van der Waals surface area contributed by atoms with Gasteiger partial charge in [-0.05, 0) is 24.3 Å². The van der Waals surface area contributed by atoms with Crippen molar-refractivity contribution in [1.29, 1.82) is 0 Å². The topological polar surface area (TPSA) is 64.0 Å². The summed E-state index contributed by atoms with van der Waals surface area (Å²) < 4.78 is 1.31. The monoisotopic (exact) mass is 279 g/mol. The smallest absolute Gasteiger partial charge is 0.261 e. The van der Waals surface area contributed by atoms with E-state index >= 15 is 0 Å². The summed E-state index contributed by atoms with van der Waals surface area (Å²) in [7, 11) is 0. The van der Waals surface area contributed by atoms with E-state index in [-0.39, 0.29) is 18.0 Å². The highest BCUT2D eigenvalue weighted by atomic mass is 16.2. The van der Waals surface area contributed by atoms with E-state index in [1.54, 1.807) is 30.3 Å². The number of rotatable bonds is 3. The number of anilines is 1. The fourth-order valence-corrected chi connectivity index (χ4v) is 2.10. The maximum Gasteiger partial charge on any atom is 0.261 e. The molecule has 2 aromatic carbocycles. The first-order valence-corrected chi connectivity index (χ1v) is 6.53. The van der Waals surface area contributed by atoms with Gasteiger partial charge in [0.15, 0.2) is 0 Å². The first kappa shape index (κ1) is 13.1. The van der Waals surface area contributed by atoms with Crippen LogP contribution in [-0.4, -0.2) is 15.5 Å². The molecule has 0 fully saturated rings. The van der Waals surface area contributed by atoms with E-state index < -0.39 is 0 Å². The van der Waals surface area contributed by atoms with Gasteiger partial charge in [-0.15, -0.1) is 0 Å². The Balaban J connectivity index is 1.83. The normalized spacial score (nSPS) is 10.5. The highest BCUT2D eigenvalue weighted by Gasteiger charge is 2.07. The van der Waals surface area contributed by atoms with Crippen LogP contribution in [0.5, 0.6) is 0 Å². The van der Waals surface area contributed by atoms with Crippen LogP contribution >= 0.6 is 0 Å². The fraction of sp³-hybridized carbons (Fsp3) is 0.0625. The molecule has 0 atom stereocenters. The Kier molecular flexibility index (Phi) is 3.47. The van der Waals surface area contributed by atoms with Crippen LogP contribution < -0.4 is 10.9 Å². The minimum Gasteiger partial charge on any atom is -0.325 e. The second-order valence-corrected chi connectivity index (χ2v) is 4.61. The molecule has 1 aromatic heterocycles. The third kappa shape index (κ3) is 2.81. The van der Waals surface area contributed by atoms with Crippen LogP contribution in [0.2, 0.25) is 0 Å². The number of aromatic nitrogens is 2. The third-order valence-corrected chi connectivity index (χ3v) is 3.10. The zero-order chi connectivity index (χ0) is 14.7. The summed E-state index contributed by atoms with van der Waals surface area (Å²) in [5.74, 6) is -0.264. The largest absolute Gasteiger partial charge is 0.325 e. The van der Waals surface area contributed by atoms with Gasteiger partial charge in [0, 0.05) is 5.69 Å². The lowest BCUT2D eigenvalue weighted by Gasteiger charge is -2.07. The average Bonchev–Trinajstić information content (AvgIpc) is 2.51. The molecule has 0 unspecified atom stereocenters. The zero-order valence-corrected chi connectivity index (χ0v) is 11.2. The van der Waals surface area contributed by atoms with Crippen LogP contribution in [0.25, 0.3) is 10.9 Å². The Bertz CT molecular complexity index is 841. The molecule has 0 saturated heterocycles. The highest BCUT2D eigenvalue weighted by Crippen LogP contribution is 2.06. The van der Waals surface area contributed by atoms with Gasteiger partial charge in [0.1, 0.15) is 6.54 Å².